The first-order chi connectivity index (χ1) is 12.7. The van der Waals surface area contributed by atoms with Crippen LogP contribution in [0.15, 0.2) is 18.2 Å². The van der Waals surface area contributed by atoms with Gasteiger partial charge in [-0.1, -0.05) is 12.1 Å². The number of ketones is 1. The number of ether oxygens (including phenoxy) is 2. The van der Waals surface area contributed by atoms with Gasteiger partial charge in [0.1, 0.15) is 0 Å². The molecular weight excluding hydrogens is 346 g/mol. The molecule has 0 radical (unpaired) electrons. The van der Waals surface area contributed by atoms with Crippen molar-refractivity contribution in [3.05, 3.63) is 57.4 Å². The van der Waals surface area contributed by atoms with Crippen LogP contribution in [0.1, 0.15) is 67.4 Å². The fourth-order valence-electron chi connectivity index (χ4n) is 2.96. The second-order valence-electron chi connectivity index (χ2n) is 6.50. The predicted molar refractivity (Wildman–Crippen MR) is 101 cm³/mol. The van der Waals surface area contributed by atoms with Crippen molar-refractivity contribution >= 4 is 17.7 Å². The smallest absolute Gasteiger partial charge is 0.340 e. The summed E-state index contributed by atoms with van der Waals surface area (Å²) in [5.74, 6) is -1.43. The van der Waals surface area contributed by atoms with Crippen molar-refractivity contribution in [1.82, 2.24) is 4.98 Å². The highest BCUT2D eigenvalue weighted by Gasteiger charge is 2.28. The Morgan fingerprint density at radius 2 is 1.70 bits per heavy atom. The van der Waals surface area contributed by atoms with Gasteiger partial charge in [-0.15, -0.1) is 0 Å². The summed E-state index contributed by atoms with van der Waals surface area (Å²) in [4.78, 5) is 40.2. The molecule has 1 aromatic heterocycles. The van der Waals surface area contributed by atoms with Crippen molar-refractivity contribution in [3.63, 3.8) is 0 Å². The topological polar surface area (TPSA) is 85.5 Å². The van der Waals surface area contributed by atoms with Crippen LogP contribution < -0.4 is 0 Å². The highest BCUT2D eigenvalue weighted by molar-refractivity contribution is 6.04. The SMILES string of the molecule is CCOC(=O)c1c(C)[nH]c(C(=O)[C@@H](C)OC(=O)c2cccc(C)c2C)c1C. The maximum Gasteiger partial charge on any atom is 0.340 e. The number of rotatable bonds is 6. The summed E-state index contributed by atoms with van der Waals surface area (Å²) >= 11 is 0. The fraction of sp³-hybridized carbons (Fsp3) is 0.381. The van der Waals surface area contributed by atoms with Crippen molar-refractivity contribution in [2.75, 3.05) is 6.61 Å². The Morgan fingerprint density at radius 1 is 1.04 bits per heavy atom. The van der Waals surface area contributed by atoms with Gasteiger partial charge in [0.15, 0.2) is 6.10 Å². The Bertz CT molecular complexity index is 894. The highest BCUT2D eigenvalue weighted by atomic mass is 16.5. The molecule has 0 bridgehead atoms. The number of aryl methyl sites for hydroxylation is 2. The molecule has 0 saturated heterocycles. The molecule has 0 spiro atoms. The van der Waals surface area contributed by atoms with E-state index in [-0.39, 0.29) is 12.3 Å². The van der Waals surface area contributed by atoms with Gasteiger partial charge >= 0.3 is 11.9 Å². The molecule has 0 fully saturated rings. The quantitative estimate of drug-likeness (QED) is 0.616. The largest absolute Gasteiger partial charge is 0.462 e. The predicted octanol–water partition coefficient (Wildman–Crippen LogP) is 3.85. The molecule has 0 aliphatic carbocycles. The standard InChI is InChI=1S/C21H25NO5/c1-7-26-21(25)17-13(4)18(22-14(17)5)19(23)15(6)27-20(24)16-10-8-9-11(2)12(16)3/h8-10,15,22H,7H2,1-6H3/t15-/m1/s1. The van der Waals surface area contributed by atoms with E-state index in [0.29, 0.717) is 22.4 Å². The lowest BCUT2D eigenvalue weighted by Gasteiger charge is -2.14. The molecule has 6 heteroatoms. The molecule has 2 aromatic rings. The zero-order valence-electron chi connectivity index (χ0n) is 16.6. The van der Waals surface area contributed by atoms with E-state index in [1.807, 2.05) is 19.9 Å². The number of hydrogen-bond donors (Lipinski definition) is 1. The first-order valence-electron chi connectivity index (χ1n) is 8.86. The number of aromatic amines is 1. The Labute approximate surface area is 158 Å². The molecule has 2 rings (SSSR count). The van der Waals surface area contributed by atoms with Crippen LogP contribution in [0.2, 0.25) is 0 Å². The van der Waals surface area contributed by atoms with Gasteiger partial charge in [-0.2, -0.15) is 0 Å². The molecule has 0 amide bonds. The lowest BCUT2D eigenvalue weighted by molar-refractivity contribution is 0.0316. The van der Waals surface area contributed by atoms with Gasteiger partial charge in [0, 0.05) is 5.69 Å². The molecule has 144 valence electrons. The number of carbonyl (C=O) groups is 3. The summed E-state index contributed by atoms with van der Waals surface area (Å²) in [5, 5.41) is 0. The zero-order valence-corrected chi connectivity index (χ0v) is 16.6. The molecule has 27 heavy (non-hydrogen) atoms. The summed E-state index contributed by atoms with van der Waals surface area (Å²) in [7, 11) is 0. The van der Waals surface area contributed by atoms with Gasteiger partial charge in [0.05, 0.1) is 23.4 Å². The number of hydrogen-bond acceptors (Lipinski definition) is 5. The lowest BCUT2D eigenvalue weighted by Crippen LogP contribution is -2.25. The first-order valence-corrected chi connectivity index (χ1v) is 8.86. The molecule has 0 aliphatic heterocycles. The number of benzene rings is 1. The summed E-state index contributed by atoms with van der Waals surface area (Å²) in [6.07, 6.45) is -0.996. The van der Waals surface area contributed by atoms with Gasteiger partial charge in [-0.3, -0.25) is 4.79 Å². The van der Waals surface area contributed by atoms with Crippen LogP contribution in [0.3, 0.4) is 0 Å². The van der Waals surface area contributed by atoms with Gasteiger partial charge in [-0.05, 0) is 64.3 Å². The molecule has 0 saturated carbocycles. The Balaban J connectivity index is 2.23. The third-order valence-electron chi connectivity index (χ3n) is 4.64. The number of H-pyrrole nitrogens is 1. The van der Waals surface area contributed by atoms with E-state index < -0.39 is 23.8 Å². The summed E-state index contributed by atoms with van der Waals surface area (Å²) < 4.78 is 10.4. The second-order valence-corrected chi connectivity index (χ2v) is 6.50. The normalized spacial score (nSPS) is 11.8. The molecule has 1 atom stereocenters. The average molecular weight is 371 g/mol. The van der Waals surface area contributed by atoms with Crippen LogP contribution >= 0.6 is 0 Å². The van der Waals surface area contributed by atoms with Crippen LogP contribution in [-0.2, 0) is 9.47 Å². The molecular formula is C21H25NO5. The fourth-order valence-corrected chi connectivity index (χ4v) is 2.96. The van der Waals surface area contributed by atoms with Gasteiger partial charge in [-0.25, -0.2) is 9.59 Å². The van der Waals surface area contributed by atoms with E-state index in [2.05, 4.69) is 4.98 Å². The number of carbonyl (C=O) groups excluding carboxylic acids is 3. The van der Waals surface area contributed by atoms with E-state index in [4.69, 9.17) is 9.47 Å². The first kappa shape index (κ1) is 20.4. The summed E-state index contributed by atoms with van der Waals surface area (Å²) in [6, 6.07) is 5.35. The van der Waals surface area contributed by atoms with E-state index in [0.717, 1.165) is 11.1 Å². The molecule has 0 aliphatic rings. The van der Waals surface area contributed by atoms with Gasteiger partial charge in [0.2, 0.25) is 5.78 Å². The second kappa shape index (κ2) is 8.20. The molecule has 1 heterocycles. The number of aromatic nitrogens is 1. The van der Waals surface area contributed by atoms with Gasteiger partial charge < -0.3 is 14.5 Å². The Morgan fingerprint density at radius 3 is 2.33 bits per heavy atom. The van der Waals surface area contributed by atoms with E-state index in [1.165, 1.54) is 6.92 Å². The van der Waals surface area contributed by atoms with Crippen LogP contribution in [-0.4, -0.2) is 35.4 Å². The van der Waals surface area contributed by atoms with Gasteiger partial charge in [0.25, 0.3) is 0 Å². The molecule has 1 N–H and O–H groups in total. The van der Waals surface area contributed by atoms with Crippen molar-refractivity contribution in [3.8, 4) is 0 Å². The van der Waals surface area contributed by atoms with E-state index in [1.54, 1.807) is 32.9 Å². The number of esters is 2. The Kier molecular flexibility index (Phi) is 6.20. The third-order valence-corrected chi connectivity index (χ3v) is 4.64. The zero-order chi connectivity index (χ0) is 20.3. The minimum absolute atomic E-state index is 0.246. The van der Waals surface area contributed by atoms with Crippen LogP contribution in [0.4, 0.5) is 0 Å². The molecule has 0 unspecified atom stereocenters. The molecule has 6 nitrogen and oxygen atoms in total. The van der Waals surface area contributed by atoms with Crippen LogP contribution in [0, 0.1) is 27.7 Å². The highest BCUT2D eigenvalue weighted by Crippen LogP contribution is 2.22. The van der Waals surface area contributed by atoms with E-state index >= 15 is 0 Å². The maximum absolute atomic E-state index is 12.8. The lowest BCUT2D eigenvalue weighted by atomic mass is 10.0. The maximum atomic E-state index is 12.8. The van der Waals surface area contributed by atoms with E-state index in [9.17, 15) is 14.4 Å². The number of nitrogens with one attached hydrogen (secondary N) is 1. The average Bonchev–Trinajstić information content (AvgIpc) is 2.91. The Hall–Kier alpha value is -2.89. The third kappa shape index (κ3) is 4.10. The monoisotopic (exact) mass is 371 g/mol. The van der Waals surface area contributed by atoms with Crippen molar-refractivity contribution in [2.45, 2.75) is 47.6 Å². The van der Waals surface area contributed by atoms with Crippen LogP contribution in [0.5, 0.6) is 0 Å². The van der Waals surface area contributed by atoms with Crippen molar-refractivity contribution < 1.29 is 23.9 Å². The summed E-state index contributed by atoms with van der Waals surface area (Å²) in [5.41, 5.74) is 3.84. The minimum Gasteiger partial charge on any atom is -0.462 e. The van der Waals surface area contributed by atoms with Crippen molar-refractivity contribution in [1.29, 1.82) is 0 Å². The molecule has 1 aromatic carbocycles. The van der Waals surface area contributed by atoms with Crippen molar-refractivity contribution in [2.24, 2.45) is 0 Å². The minimum atomic E-state index is -0.996. The summed E-state index contributed by atoms with van der Waals surface area (Å²) in [6.45, 7) is 10.6. The van der Waals surface area contributed by atoms with Crippen LogP contribution in [0.25, 0.3) is 0 Å². The number of Topliss-reactive ketones (excluding diaryl/α,β-unsaturated/α-hetero) is 1.